The first kappa shape index (κ1) is 17.4. The van der Waals surface area contributed by atoms with Crippen LogP contribution in [-0.4, -0.2) is 11.9 Å². The predicted molar refractivity (Wildman–Crippen MR) is 88.7 cm³/mol. The topological polar surface area (TPSA) is 53.2 Å². The summed E-state index contributed by atoms with van der Waals surface area (Å²) in [5, 5.41) is 2.63. The number of alkyl halides is 3. The molecule has 2 aromatic carbocycles. The molecule has 1 aliphatic heterocycles. The van der Waals surface area contributed by atoms with Crippen molar-refractivity contribution in [2.75, 3.05) is 5.32 Å². The Balaban J connectivity index is 1.60. The molecule has 1 heterocycles. The summed E-state index contributed by atoms with van der Waals surface area (Å²) in [6, 6.07) is 12.0. The third-order valence-corrected chi connectivity index (χ3v) is 4.18. The second-order valence-electron chi connectivity index (χ2n) is 6.10. The molecular weight excluding hydrogens is 331 g/mol. The summed E-state index contributed by atoms with van der Waals surface area (Å²) in [5.74, 6) is -0.290. The molecule has 0 aliphatic carbocycles. The fraction of sp³-hybridized carbons (Fsp3) is 0.278. The third-order valence-electron chi connectivity index (χ3n) is 4.18. The molecular formula is C18H18F3N3O. The Morgan fingerprint density at radius 2 is 1.68 bits per heavy atom. The van der Waals surface area contributed by atoms with Crippen LogP contribution in [0.4, 0.5) is 18.9 Å². The Morgan fingerprint density at radius 1 is 1.04 bits per heavy atom. The van der Waals surface area contributed by atoms with Gasteiger partial charge in [0.25, 0.3) is 0 Å². The van der Waals surface area contributed by atoms with E-state index in [-0.39, 0.29) is 11.9 Å². The van der Waals surface area contributed by atoms with Gasteiger partial charge in [0, 0.05) is 11.7 Å². The number of nitrogens with one attached hydrogen (secondary N) is 3. The third kappa shape index (κ3) is 4.18. The number of halogens is 3. The normalized spacial score (nSPS) is 20.5. The Morgan fingerprint density at radius 3 is 2.28 bits per heavy atom. The maximum Gasteiger partial charge on any atom is 0.416 e. The van der Waals surface area contributed by atoms with E-state index in [4.69, 9.17) is 0 Å². The van der Waals surface area contributed by atoms with Gasteiger partial charge in [0.2, 0.25) is 5.91 Å². The number of benzene rings is 2. The standard InChI is InChI=1S/C18H18F3N3O/c1-11-2-4-12(5-3-11)15-10-16(24-23-15)17(25)22-14-8-6-13(7-9-14)18(19,20)21/h2-9,15-16,23-24H,10H2,1H3,(H,22,25). The van der Waals surface area contributed by atoms with E-state index in [0.29, 0.717) is 12.1 Å². The number of hydrazine groups is 1. The first-order valence-electron chi connectivity index (χ1n) is 7.89. The van der Waals surface area contributed by atoms with Crippen LogP contribution in [0, 0.1) is 6.92 Å². The number of aryl methyl sites for hydroxylation is 1. The highest BCUT2D eigenvalue weighted by Crippen LogP contribution is 2.30. The van der Waals surface area contributed by atoms with E-state index in [1.807, 2.05) is 31.2 Å². The number of carbonyl (C=O) groups is 1. The van der Waals surface area contributed by atoms with Crippen molar-refractivity contribution in [1.29, 1.82) is 0 Å². The van der Waals surface area contributed by atoms with Gasteiger partial charge in [0.1, 0.15) is 6.04 Å². The molecule has 25 heavy (non-hydrogen) atoms. The first-order valence-corrected chi connectivity index (χ1v) is 7.89. The lowest BCUT2D eigenvalue weighted by Crippen LogP contribution is -2.39. The molecule has 1 fully saturated rings. The summed E-state index contributed by atoms with van der Waals surface area (Å²) in [6.45, 7) is 2.00. The number of hydrogen-bond donors (Lipinski definition) is 3. The van der Waals surface area contributed by atoms with Gasteiger partial charge in [0.05, 0.1) is 5.56 Å². The minimum absolute atomic E-state index is 0.00366. The van der Waals surface area contributed by atoms with Crippen LogP contribution in [-0.2, 0) is 11.0 Å². The quantitative estimate of drug-likeness (QED) is 0.794. The van der Waals surface area contributed by atoms with Crippen LogP contribution in [0.5, 0.6) is 0 Å². The largest absolute Gasteiger partial charge is 0.416 e. The fourth-order valence-corrected chi connectivity index (χ4v) is 2.72. The number of amides is 1. The number of rotatable bonds is 3. The van der Waals surface area contributed by atoms with Crippen molar-refractivity contribution in [2.24, 2.45) is 0 Å². The lowest BCUT2D eigenvalue weighted by molar-refractivity contribution is -0.137. The van der Waals surface area contributed by atoms with E-state index >= 15 is 0 Å². The van der Waals surface area contributed by atoms with Gasteiger partial charge in [-0.15, -0.1) is 0 Å². The molecule has 0 spiro atoms. The summed E-state index contributed by atoms with van der Waals surface area (Å²) in [7, 11) is 0. The molecule has 1 saturated heterocycles. The second-order valence-corrected chi connectivity index (χ2v) is 6.10. The molecule has 0 aromatic heterocycles. The van der Waals surface area contributed by atoms with Crippen molar-refractivity contribution in [3.05, 3.63) is 65.2 Å². The maximum atomic E-state index is 12.6. The van der Waals surface area contributed by atoms with Crippen LogP contribution < -0.4 is 16.2 Å². The monoisotopic (exact) mass is 349 g/mol. The van der Waals surface area contributed by atoms with Gasteiger partial charge in [-0.05, 0) is 43.2 Å². The van der Waals surface area contributed by atoms with Crippen LogP contribution in [0.15, 0.2) is 48.5 Å². The molecule has 1 aliphatic rings. The summed E-state index contributed by atoms with van der Waals surface area (Å²) >= 11 is 0. The zero-order valence-electron chi connectivity index (χ0n) is 13.5. The summed E-state index contributed by atoms with van der Waals surface area (Å²) < 4.78 is 37.7. The Hall–Kier alpha value is -2.38. The predicted octanol–water partition coefficient (Wildman–Crippen LogP) is 3.56. The number of anilines is 1. The van der Waals surface area contributed by atoms with Gasteiger partial charge in [-0.2, -0.15) is 13.2 Å². The molecule has 0 bridgehead atoms. The highest BCUT2D eigenvalue weighted by Gasteiger charge is 2.31. The maximum absolute atomic E-state index is 12.6. The van der Waals surface area contributed by atoms with Crippen molar-refractivity contribution in [3.63, 3.8) is 0 Å². The smallest absolute Gasteiger partial charge is 0.325 e. The van der Waals surface area contributed by atoms with Crippen LogP contribution >= 0.6 is 0 Å². The molecule has 3 N–H and O–H groups in total. The zero-order valence-corrected chi connectivity index (χ0v) is 13.5. The van der Waals surface area contributed by atoms with E-state index in [1.165, 1.54) is 12.1 Å². The molecule has 2 unspecified atom stereocenters. The molecule has 2 aromatic rings. The Labute approximate surface area is 143 Å². The van der Waals surface area contributed by atoms with E-state index in [1.54, 1.807) is 0 Å². The second kappa shape index (κ2) is 6.85. The van der Waals surface area contributed by atoms with E-state index in [0.717, 1.165) is 23.3 Å². The Kier molecular flexibility index (Phi) is 4.78. The van der Waals surface area contributed by atoms with Gasteiger partial charge in [-0.1, -0.05) is 29.8 Å². The van der Waals surface area contributed by atoms with Crippen LogP contribution in [0.2, 0.25) is 0 Å². The highest BCUT2D eigenvalue weighted by molar-refractivity contribution is 5.95. The van der Waals surface area contributed by atoms with E-state index in [2.05, 4.69) is 16.2 Å². The van der Waals surface area contributed by atoms with Gasteiger partial charge < -0.3 is 5.32 Å². The SMILES string of the molecule is Cc1ccc(C2CC(C(=O)Nc3ccc(C(F)(F)F)cc3)NN2)cc1. The minimum atomic E-state index is -4.39. The van der Waals surface area contributed by atoms with Crippen LogP contribution in [0.1, 0.15) is 29.2 Å². The van der Waals surface area contributed by atoms with E-state index < -0.39 is 17.8 Å². The highest BCUT2D eigenvalue weighted by atomic mass is 19.4. The van der Waals surface area contributed by atoms with Crippen LogP contribution in [0.25, 0.3) is 0 Å². The molecule has 132 valence electrons. The number of hydrogen-bond acceptors (Lipinski definition) is 3. The average molecular weight is 349 g/mol. The molecule has 0 radical (unpaired) electrons. The van der Waals surface area contributed by atoms with E-state index in [9.17, 15) is 18.0 Å². The fourth-order valence-electron chi connectivity index (χ4n) is 2.72. The number of carbonyl (C=O) groups excluding carboxylic acids is 1. The molecule has 4 nitrogen and oxygen atoms in total. The van der Waals surface area contributed by atoms with Crippen molar-refractivity contribution >= 4 is 11.6 Å². The molecule has 1 amide bonds. The van der Waals surface area contributed by atoms with Gasteiger partial charge in [-0.25, -0.2) is 10.9 Å². The summed E-state index contributed by atoms with van der Waals surface area (Å²) in [4.78, 5) is 12.3. The van der Waals surface area contributed by atoms with Crippen molar-refractivity contribution in [2.45, 2.75) is 31.6 Å². The minimum Gasteiger partial charge on any atom is -0.325 e. The molecule has 2 atom stereocenters. The first-order chi connectivity index (χ1) is 11.8. The average Bonchev–Trinajstić information content (AvgIpc) is 3.05. The zero-order chi connectivity index (χ0) is 18.0. The lowest BCUT2D eigenvalue weighted by atomic mass is 10.0. The summed E-state index contributed by atoms with van der Waals surface area (Å²) in [6.07, 6.45) is -3.84. The molecule has 3 rings (SSSR count). The van der Waals surface area contributed by atoms with Gasteiger partial charge in [-0.3, -0.25) is 4.79 Å². The van der Waals surface area contributed by atoms with Gasteiger partial charge in [0.15, 0.2) is 0 Å². The van der Waals surface area contributed by atoms with Gasteiger partial charge >= 0.3 is 6.18 Å². The summed E-state index contributed by atoms with van der Waals surface area (Å²) in [5.41, 5.74) is 7.83. The molecule has 0 saturated carbocycles. The van der Waals surface area contributed by atoms with Crippen molar-refractivity contribution < 1.29 is 18.0 Å². The van der Waals surface area contributed by atoms with Crippen LogP contribution in [0.3, 0.4) is 0 Å². The molecule has 7 heteroatoms. The van der Waals surface area contributed by atoms with Crippen molar-refractivity contribution in [1.82, 2.24) is 10.9 Å². The Bertz CT molecular complexity index is 742. The van der Waals surface area contributed by atoms with Crippen molar-refractivity contribution in [3.8, 4) is 0 Å². The lowest BCUT2D eigenvalue weighted by Gasteiger charge is -2.12.